The number of aryl methyl sites for hydroxylation is 1. The molecule has 0 aliphatic heterocycles. The van der Waals surface area contributed by atoms with Crippen LogP contribution < -0.4 is 5.32 Å². The number of thiophene rings is 1. The molecule has 0 aromatic carbocycles. The molecule has 5 heteroatoms. The Labute approximate surface area is 119 Å². The number of rotatable bonds is 7. The summed E-state index contributed by atoms with van der Waals surface area (Å²) in [6.45, 7) is 4.92. The minimum atomic E-state index is 0.429. The van der Waals surface area contributed by atoms with Crippen LogP contribution >= 0.6 is 11.3 Å². The second-order valence-electron chi connectivity index (χ2n) is 4.80. The molecule has 0 bridgehead atoms. The third kappa shape index (κ3) is 3.65. The first kappa shape index (κ1) is 14.2. The highest BCUT2D eigenvalue weighted by atomic mass is 32.1. The van der Waals surface area contributed by atoms with E-state index in [1.165, 1.54) is 10.6 Å². The van der Waals surface area contributed by atoms with Gasteiger partial charge in [-0.15, -0.1) is 11.3 Å². The summed E-state index contributed by atoms with van der Waals surface area (Å²) in [7, 11) is 4.25. The van der Waals surface area contributed by atoms with Crippen LogP contribution in [0.25, 0.3) is 0 Å². The van der Waals surface area contributed by atoms with Crippen LogP contribution in [0.1, 0.15) is 23.5 Å². The second-order valence-corrected chi connectivity index (χ2v) is 5.78. The molecule has 0 fully saturated rings. The molecule has 2 rings (SSSR count). The van der Waals surface area contributed by atoms with Crippen molar-refractivity contribution in [1.29, 1.82) is 0 Å². The van der Waals surface area contributed by atoms with Crippen LogP contribution in [0.3, 0.4) is 0 Å². The number of aromatic nitrogens is 2. The number of likely N-dealkylation sites (N-methyl/N-ethyl adjacent to an activating group) is 1. The van der Waals surface area contributed by atoms with E-state index in [2.05, 4.69) is 58.3 Å². The van der Waals surface area contributed by atoms with Gasteiger partial charge < -0.3 is 14.8 Å². The molecule has 2 aromatic rings. The van der Waals surface area contributed by atoms with Crippen molar-refractivity contribution < 1.29 is 0 Å². The summed E-state index contributed by atoms with van der Waals surface area (Å²) in [6.07, 6.45) is 3.83. The first-order valence-corrected chi connectivity index (χ1v) is 7.50. The summed E-state index contributed by atoms with van der Waals surface area (Å²) in [6, 6.07) is 4.74. The van der Waals surface area contributed by atoms with Crippen molar-refractivity contribution in [2.24, 2.45) is 0 Å². The molecule has 4 nitrogen and oxygen atoms in total. The van der Waals surface area contributed by atoms with Crippen LogP contribution in [0.4, 0.5) is 0 Å². The molecule has 0 saturated carbocycles. The smallest absolute Gasteiger partial charge is 0.0948 e. The number of nitrogens with one attached hydrogen (secondary N) is 1. The van der Waals surface area contributed by atoms with Crippen LogP contribution in [0.15, 0.2) is 30.0 Å². The Morgan fingerprint density at radius 2 is 2.32 bits per heavy atom. The number of nitrogens with zero attached hydrogens (tertiary/aromatic N) is 3. The quantitative estimate of drug-likeness (QED) is 0.844. The third-order valence-electron chi connectivity index (χ3n) is 3.28. The van der Waals surface area contributed by atoms with Crippen molar-refractivity contribution in [1.82, 2.24) is 19.8 Å². The maximum atomic E-state index is 4.19. The molecule has 0 spiro atoms. The predicted molar refractivity (Wildman–Crippen MR) is 80.4 cm³/mol. The fourth-order valence-electron chi connectivity index (χ4n) is 2.14. The van der Waals surface area contributed by atoms with Gasteiger partial charge in [0.15, 0.2) is 0 Å². The molecule has 19 heavy (non-hydrogen) atoms. The van der Waals surface area contributed by atoms with Crippen molar-refractivity contribution in [3.63, 3.8) is 0 Å². The molecule has 0 aliphatic carbocycles. The lowest BCUT2D eigenvalue weighted by Crippen LogP contribution is -2.30. The fraction of sp³-hybridized carbons (Fsp3) is 0.500. The first-order chi connectivity index (χ1) is 9.22. The number of hydrogen-bond acceptors (Lipinski definition) is 4. The van der Waals surface area contributed by atoms with E-state index in [4.69, 9.17) is 0 Å². The highest BCUT2D eigenvalue weighted by Crippen LogP contribution is 2.22. The highest BCUT2D eigenvalue weighted by molar-refractivity contribution is 7.10. The third-order valence-corrected chi connectivity index (χ3v) is 4.25. The molecule has 2 heterocycles. The van der Waals surface area contributed by atoms with E-state index in [-0.39, 0.29) is 0 Å². The van der Waals surface area contributed by atoms with Gasteiger partial charge >= 0.3 is 0 Å². The summed E-state index contributed by atoms with van der Waals surface area (Å²) in [5.41, 5.74) is 1.24. The minimum absolute atomic E-state index is 0.429. The molecule has 0 radical (unpaired) electrons. The van der Waals surface area contributed by atoms with Crippen molar-refractivity contribution in [3.8, 4) is 0 Å². The average molecular weight is 278 g/mol. The summed E-state index contributed by atoms with van der Waals surface area (Å²) in [4.78, 5) is 7.85. The largest absolute Gasteiger partial charge is 0.334 e. The Morgan fingerprint density at radius 3 is 2.95 bits per heavy atom. The molecule has 2 aromatic heterocycles. The van der Waals surface area contributed by atoms with Gasteiger partial charge in [0.05, 0.1) is 18.1 Å². The number of imidazole rings is 1. The van der Waals surface area contributed by atoms with E-state index >= 15 is 0 Å². The van der Waals surface area contributed by atoms with Crippen molar-refractivity contribution in [2.45, 2.75) is 26.1 Å². The fourth-order valence-corrected chi connectivity index (χ4v) is 3.06. The lowest BCUT2D eigenvalue weighted by molar-refractivity contribution is 0.291. The molecule has 1 unspecified atom stereocenters. The second kappa shape index (κ2) is 6.84. The van der Waals surface area contributed by atoms with Gasteiger partial charge in [-0.3, -0.25) is 0 Å². The highest BCUT2D eigenvalue weighted by Gasteiger charge is 2.14. The Bertz CT molecular complexity index is 475. The van der Waals surface area contributed by atoms with E-state index in [1.54, 1.807) is 0 Å². The molecular weight excluding hydrogens is 256 g/mol. The van der Waals surface area contributed by atoms with E-state index in [0.717, 1.165) is 19.6 Å². The molecule has 0 aliphatic rings. The van der Waals surface area contributed by atoms with Gasteiger partial charge in [-0.1, -0.05) is 6.07 Å². The van der Waals surface area contributed by atoms with Gasteiger partial charge in [-0.05, 0) is 32.5 Å². The monoisotopic (exact) mass is 278 g/mol. The van der Waals surface area contributed by atoms with Crippen molar-refractivity contribution in [3.05, 3.63) is 40.6 Å². The standard InChI is InChI=1S/C14H22N4S/c1-4-18-11-16-9-12(18)8-15-10-13(17(2)3)14-6-5-7-19-14/h5-7,9,11,13,15H,4,8,10H2,1-3H3. The molecule has 1 atom stereocenters. The zero-order valence-corrected chi connectivity index (χ0v) is 12.7. The summed E-state index contributed by atoms with van der Waals surface area (Å²) < 4.78 is 2.17. The molecule has 1 N–H and O–H groups in total. The Hall–Kier alpha value is -1.17. The van der Waals surface area contributed by atoms with Gasteiger partial charge in [0.1, 0.15) is 0 Å². The molecule has 0 amide bonds. The summed E-state index contributed by atoms with van der Waals surface area (Å²) in [5.74, 6) is 0. The van der Waals surface area contributed by atoms with Gasteiger partial charge in [-0.2, -0.15) is 0 Å². The van der Waals surface area contributed by atoms with Gasteiger partial charge in [0, 0.05) is 30.7 Å². The maximum absolute atomic E-state index is 4.19. The number of hydrogen-bond donors (Lipinski definition) is 1. The van der Waals surface area contributed by atoms with Crippen LogP contribution in [-0.4, -0.2) is 35.1 Å². The average Bonchev–Trinajstić information content (AvgIpc) is 3.05. The van der Waals surface area contributed by atoms with Crippen LogP contribution in [0.5, 0.6) is 0 Å². The normalized spacial score (nSPS) is 13.1. The minimum Gasteiger partial charge on any atom is -0.334 e. The van der Waals surface area contributed by atoms with Crippen LogP contribution in [0, 0.1) is 0 Å². The zero-order valence-electron chi connectivity index (χ0n) is 11.8. The summed E-state index contributed by atoms with van der Waals surface area (Å²) in [5, 5.41) is 5.67. The SMILES string of the molecule is CCn1cncc1CNCC(c1cccs1)N(C)C. The van der Waals surface area contributed by atoms with Crippen LogP contribution in [-0.2, 0) is 13.1 Å². The van der Waals surface area contributed by atoms with E-state index < -0.39 is 0 Å². The van der Waals surface area contributed by atoms with Crippen molar-refractivity contribution in [2.75, 3.05) is 20.6 Å². The Balaban J connectivity index is 1.90. The predicted octanol–water partition coefficient (Wildman–Crippen LogP) is 2.36. The topological polar surface area (TPSA) is 33.1 Å². The lowest BCUT2D eigenvalue weighted by atomic mass is 10.2. The van der Waals surface area contributed by atoms with Crippen LogP contribution in [0.2, 0.25) is 0 Å². The molecule has 104 valence electrons. The Morgan fingerprint density at radius 1 is 1.47 bits per heavy atom. The van der Waals surface area contributed by atoms with Gasteiger partial charge in [-0.25, -0.2) is 4.98 Å². The van der Waals surface area contributed by atoms with E-state index in [0.29, 0.717) is 6.04 Å². The van der Waals surface area contributed by atoms with E-state index in [1.807, 2.05) is 23.9 Å². The molecule has 0 saturated heterocycles. The van der Waals surface area contributed by atoms with E-state index in [9.17, 15) is 0 Å². The maximum Gasteiger partial charge on any atom is 0.0948 e. The Kier molecular flexibility index (Phi) is 5.13. The summed E-state index contributed by atoms with van der Waals surface area (Å²) >= 11 is 1.82. The van der Waals surface area contributed by atoms with Gasteiger partial charge in [0.25, 0.3) is 0 Å². The molecular formula is C14H22N4S. The lowest BCUT2D eigenvalue weighted by Gasteiger charge is -2.23. The van der Waals surface area contributed by atoms with Gasteiger partial charge in [0.2, 0.25) is 0 Å². The van der Waals surface area contributed by atoms with Crippen molar-refractivity contribution >= 4 is 11.3 Å². The first-order valence-electron chi connectivity index (χ1n) is 6.62. The zero-order chi connectivity index (χ0) is 13.7.